The number of morpholine rings is 1. The third-order valence-corrected chi connectivity index (χ3v) is 3.41. The van der Waals surface area contributed by atoms with Gasteiger partial charge in [-0.15, -0.1) is 0 Å². The highest BCUT2D eigenvalue weighted by Gasteiger charge is 2.26. The zero-order valence-electron chi connectivity index (χ0n) is 11.6. The first-order valence-electron chi connectivity index (χ1n) is 6.90. The molecule has 0 radical (unpaired) electrons. The molecule has 1 aromatic carbocycles. The van der Waals surface area contributed by atoms with E-state index in [9.17, 15) is 13.6 Å². The molecule has 110 valence electrons. The number of halogens is 2. The van der Waals surface area contributed by atoms with Gasteiger partial charge in [0, 0.05) is 19.5 Å². The minimum Gasteiger partial charge on any atom is -0.368 e. The molecule has 1 atom stereocenters. The number of rotatable bonds is 5. The normalized spacial score (nSPS) is 20.1. The highest BCUT2D eigenvalue weighted by atomic mass is 19.2. The van der Waals surface area contributed by atoms with E-state index in [1.165, 1.54) is 6.07 Å². The number of benzene rings is 1. The lowest BCUT2D eigenvalue weighted by atomic mass is 10.0. The smallest absolute Gasteiger partial charge is 0.167 e. The van der Waals surface area contributed by atoms with E-state index in [4.69, 9.17) is 4.74 Å². The topological polar surface area (TPSA) is 29.5 Å². The summed E-state index contributed by atoms with van der Waals surface area (Å²) in [7, 11) is 0. The maximum absolute atomic E-state index is 13.1. The lowest BCUT2D eigenvalue weighted by molar-refractivity contribution is -0.135. The molecule has 0 N–H and O–H groups in total. The molecule has 0 bridgehead atoms. The van der Waals surface area contributed by atoms with Gasteiger partial charge in [0.2, 0.25) is 0 Å². The van der Waals surface area contributed by atoms with Crippen LogP contribution >= 0.6 is 0 Å². The van der Waals surface area contributed by atoms with Gasteiger partial charge in [0.15, 0.2) is 17.4 Å². The molecule has 0 saturated carbocycles. The molecule has 1 aliphatic heterocycles. The molecule has 1 fully saturated rings. The van der Waals surface area contributed by atoms with Crippen LogP contribution in [-0.4, -0.2) is 43.0 Å². The fourth-order valence-electron chi connectivity index (χ4n) is 2.38. The van der Waals surface area contributed by atoms with Gasteiger partial charge in [0.05, 0.1) is 6.61 Å². The molecular formula is C15H19F2NO2. The number of carbonyl (C=O) groups excluding carboxylic acids is 1. The summed E-state index contributed by atoms with van der Waals surface area (Å²) in [5.41, 5.74) is 0.477. The Morgan fingerprint density at radius 1 is 1.40 bits per heavy atom. The molecular weight excluding hydrogens is 264 g/mol. The van der Waals surface area contributed by atoms with Crippen LogP contribution in [0.15, 0.2) is 18.2 Å². The minimum atomic E-state index is -0.924. The van der Waals surface area contributed by atoms with Crippen molar-refractivity contribution in [3.8, 4) is 0 Å². The van der Waals surface area contributed by atoms with Gasteiger partial charge < -0.3 is 4.74 Å². The van der Waals surface area contributed by atoms with Crippen LogP contribution in [0.2, 0.25) is 0 Å². The van der Waals surface area contributed by atoms with E-state index < -0.39 is 17.7 Å². The number of Topliss-reactive ketones (excluding diaryl/α,β-unsaturated/α-hetero) is 1. The van der Waals surface area contributed by atoms with Crippen LogP contribution in [0.25, 0.3) is 0 Å². The van der Waals surface area contributed by atoms with Crippen molar-refractivity contribution in [1.82, 2.24) is 4.90 Å². The molecule has 3 nitrogen and oxygen atoms in total. The van der Waals surface area contributed by atoms with Crippen molar-refractivity contribution in [3.05, 3.63) is 35.4 Å². The number of carbonyl (C=O) groups is 1. The van der Waals surface area contributed by atoms with Gasteiger partial charge in [-0.1, -0.05) is 13.0 Å². The number of hydrogen-bond acceptors (Lipinski definition) is 3. The van der Waals surface area contributed by atoms with Crippen LogP contribution in [-0.2, 0) is 16.0 Å². The molecule has 0 spiro atoms. The molecule has 0 aromatic heterocycles. The fraction of sp³-hybridized carbons (Fsp3) is 0.533. The maximum Gasteiger partial charge on any atom is 0.167 e. The lowest BCUT2D eigenvalue weighted by Crippen LogP contribution is -2.46. The van der Waals surface area contributed by atoms with Crippen molar-refractivity contribution in [1.29, 1.82) is 0 Å². The quantitative estimate of drug-likeness (QED) is 0.829. The van der Waals surface area contributed by atoms with Crippen molar-refractivity contribution in [2.45, 2.75) is 25.9 Å². The molecule has 2 rings (SSSR count). The Bertz CT molecular complexity index is 477. The Labute approximate surface area is 117 Å². The van der Waals surface area contributed by atoms with Crippen molar-refractivity contribution < 1.29 is 18.3 Å². The Morgan fingerprint density at radius 2 is 2.20 bits per heavy atom. The Hall–Kier alpha value is -1.33. The van der Waals surface area contributed by atoms with Crippen LogP contribution in [0.4, 0.5) is 8.78 Å². The second kappa shape index (κ2) is 6.90. The summed E-state index contributed by atoms with van der Waals surface area (Å²) in [6.07, 6.45) is 0.634. The molecule has 20 heavy (non-hydrogen) atoms. The van der Waals surface area contributed by atoms with Gasteiger partial charge >= 0.3 is 0 Å². The SMILES string of the molecule is CCCN1CCOC(C(=O)Cc2ccc(F)c(F)c2)C1. The Balaban J connectivity index is 1.95. The van der Waals surface area contributed by atoms with E-state index in [0.29, 0.717) is 18.7 Å². The van der Waals surface area contributed by atoms with Crippen molar-refractivity contribution in [3.63, 3.8) is 0 Å². The van der Waals surface area contributed by atoms with E-state index in [0.717, 1.165) is 31.6 Å². The van der Waals surface area contributed by atoms with E-state index in [1.807, 2.05) is 0 Å². The van der Waals surface area contributed by atoms with Crippen LogP contribution in [0.3, 0.4) is 0 Å². The lowest BCUT2D eigenvalue weighted by Gasteiger charge is -2.31. The standard InChI is InChI=1S/C15H19F2NO2/c1-2-5-18-6-7-20-15(10-18)14(19)9-11-3-4-12(16)13(17)8-11/h3-4,8,15H,2,5-7,9-10H2,1H3. The Morgan fingerprint density at radius 3 is 2.90 bits per heavy atom. The second-order valence-corrected chi connectivity index (χ2v) is 5.05. The van der Waals surface area contributed by atoms with Crippen molar-refractivity contribution in [2.24, 2.45) is 0 Å². The van der Waals surface area contributed by atoms with Gasteiger partial charge in [-0.3, -0.25) is 9.69 Å². The summed E-state index contributed by atoms with van der Waals surface area (Å²) >= 11 is 0. The third-order valence-electron chi connectivity index (χ3n) is 3.41. The Kier molecular flexibility index (Phi) is 5.20. The largest absolute Gasteiger partial charge is 0.368 e. The molecule has 0 amide bonds. The first-order chi connectivity index (χ1) is 9.60. The predicted molar refractivity (Wildman–Crippen MR) is 71.5 cm³/mol. The van der Waals surface area contributed by atoms with Gasteiger partial charge in [-0.25, -0.2) is 8.78 Å². The van der Waals surface area contributed by atoms with Crippen LogP contribution in [0, 0.1) is 11.6 Å². The van der Waals surface area contributed by atoms with Crippen LogP contribution in [0.5, 0.6) is 0 Å². The predicted octanol–water partition coefficient (Wildman–Crippen LogP) is 2.19. The van der Waals surface area contributed by atoms with Gasteiger partial charge in [0.1, 0.15) is 6.10 Å². The molecule has 1 aliphatic rings. The first kappa shape index (κ1) is 15.1. The zero-order chi connectivity index (χ0) is 14.5. The second-order valence-electron chi connectivity index (χ2n) is 5.05. The maximum atomic E-state index is 13.1. The summed E-state index contributed by atoms with van der Waals surface area (Å²) < 4.78 is 31.4. The number of hydrogen-bond donors (Lipinski definition) is 0. The average Bonchev–Trinajstić information content (AvgIpc) is 2.43. The van der Waals surface area contributed by atoms with Gasteiger partial charge in [-0.2, -0.15) is 0 Å². The molecule has 1 heterocycles. The highest BCUT2D eigenvalue weighted by molar-refractivity contribution is 5.85. The summed E-state index contributed by atoms with van der Waals surface area (Å²) in [4.78, 5) is 14.3. The molecule has 1 unspecified atom stereocenters. The van der Waals surface area contributed by atoms with Gasteiger partial charge in [-0.05, 0) is 30.7 Å². The number of ketones is 1. The zero-order valence-corrected chi connectivity index (χ0v) is 11.6. The van der Waals surface area contributed by atoms with E-state index in [2.05, 4.69) is 11.8 Å². The van der Waals surface area contributed by atoms with Crippen LogP contribution < -0.4 is 0 Å². The van der Waals surface area contributed by atoms with Crippen LogP contribution in [0.1, 0.15) is 18.9 Å². The third kappa shape index (κ3) is 3.84. The van der Waals surface area contributed by atoms with E-state index in [-0.39, 0.29) is 12.2 Å². The monoisotopic (exact) mass is 283 g/mol. The van der Waals surface area contributed by atoms with Gasteiger partial charge in [0.25, 0.3) is 0 Å². The minimum absolute atomic E-state index is 0.0713. The highest BCUT2D eigenvalue weighted by Crippen LogP contribution is 2.13. The van der Waals surface area contributed by atoms with E-state index in [1.54, 1.807) is 0 Å². The summed E-state index contributed by atoms with van der Waals surface area (Å²) in [5, 5.41) is 0. The molecule has 5 heteroatoms. The fourth-order valence-corrected chi connectivity index (χ4v) is 2.38. The molecule has 0 aliphatic carbocycles. The van der Waals surface area contributed by atoms with E-state index >= 15 is 0 Å². The summed E-state index contributed by atoms with van der Waals surface area (Å²) in [6.45, 7) is 4.99. The molecule has 1 aromatic rings. The number of nitrogens with zero attached hydrogens (tertiary/aromatic N) is 1. The molecule has 1 saturated heterocycles. The summed E-state index contributed by atoms with van der Waals surface area (Å²) in [6, 6.07) is 3.55. The average molecular weight is 283 g/mol. The first-order valence-corrected chi connectivity index (χ1v) is 6.90. The number of ether oxygens (including phenoxy) is 1. The van der Waals surface area contributed by atoms with Crippen molar-refractivity contribution in [2.75, 3.05) is 26.2 Å². The van der Waals surface area contributed by atoms with Crippen molar-refractivity contribution >= 4 is 5.78 Å². The summed E-state index contributed by atoms with van der Waals surface area (Å²) in [5.74, 6) is -1.91.